The Morgan fingerprint density at radius 2 is 1.72 bits per heavy atom. The molecule has 6 atom stereocenters. The number of carbonyl (C=O) groups is 2. The van der Waals surface area contributed by atoms with Gasteiger partial charge in [0, 0.05) is 24.8 Å². The molecule has 0 N–H and O–H groups in total. The van der Waals surface area contributed by atoms with Crippen LogP contribution in [0.4, 0.5) is 0 Å². The second kappa shape index (κ2) is 6.22. The van der Waals surface area contributed by atoms with Crippen molar-refractivity contribution in [3.63, 3.8) is 0 Å². The summed E-state index contributed by atoms with van der Waals surface area (Å²) in [5.41, 5.74) is 0. The largest absolute Gasteiger partial charge is 0.456 e. The van der Waals surface area contributed by atoms with Crippen molar-refractivity contribution in [2.75, 3.05) is 0 Å². The van der Waals surface area contributed by atoms with Crippen LogP contribution in [-0.4, -0.2) is 58.1 Å². The van der Waals surface area contributed by atoms with Crippen molar-refractivity contribution in [2.45, 2.75) is 75.9 Å². The number of hydrogen-bond donors (Lipinski definition) is 0. The molecule has 136 valence electrons. The van der Waals surface area contributed by atoms with E-state index in [-0.39, 0.29) is 29.0 Å². The number of fused-ring (bicyclic) bond motifs is 3. The highest BCUT2D eigenvalue weighted by Crippen LogP contribution is 2.53. The molecule has 1 saturated carbocycles. The Morgan fingerprint density at radius 3 is 2.24 bits per heavy atom. The Balaban J connectivity index is 1.81. The van der Waals surface area contributed by atoms with Crippen LogP contribution in [0.5, 0.6) is 0 Å². The van der Waals surface area contributed by atoms with Crippen LogP contribution in [0.25, 0.3) is 0 Å². The summed E-state index contributed by atoms with van der Waals surface area (Å²) in [6.45, 7) is 8.77. The second-order valence-corrected chi connectivity index (χ2v) is 9.33. The van der Waals surface area contributed by atoms with E-state index in [2.05, 4.69) is 6.07 Å². The summed E-state index contributed by atoms with van der Waals surface area (Å²) in [5.74, 6) is -0.862. The third-order valence-corrected chi connectivity index (χ3v) is 5.26. The summed E-state index contributed by atoms with van der Waals surface area (Å²) >= 11 is 1.48. The van der Waals surface area contributed by atoms with Crippen LogP contribution in [0, 0.1) is 11.3 Å². The highest BCUT2D eigenvalue weighted by Gasteiger charge is 2.73. The molecule has 0 spiro atoms. The second-order valence-electron chi connectivity index (χ2n) is 7.46. The molecule has 0 amide bonds. The Morgan fingerprint density at radius 1 is 1.12 bits per heavy atom. The van der Waals surface area contributed by atoms with E-state index < -0.39 is 24.1 Å². The van der Waals surface area contributed by atoms with Gasteiger partial charge in [-0.05, 0) is 0 Å². The molecule has 2 saturated heterocycles. The minimum absolute atomic E-state index is 0.0464. The fraction of sp³-hybridized carbons (Fsp3) is 0.706. The molecule has 0 unspecified atom stereocenters. The maximum atomic E-state index is 11.5. The van der Waals surface area contributed by atoms with Crippen molar-refractivity contribution >= 4 is 23.7 Å². The van der Waals surface area contributed by atoms with E-state index in [1.54, 1.807) is 6.20 Å². The number of ether oxygens (including phenoxy) is 3. The first-order valence-corrected chi connectivity index (χ1v) is 9.02. The summed E-state index contributed by atoms with van der Waals surface area (Å²) in [5, 5.41) is 9.41. The van der Waals surface area contributed by atoms with E-state index in [1.165, 1.54) is 25.6 Å². The van der Waals surface area contributed by atoms with Crippen LogP contribution in [0.2, 0.25) is 0 Å². The minimum Gasteiger partial charge on any atom is -0.456 e. The molecule has 3 fully saturated rings. The maximum absolute atomic E-state index is 11.5. The van der Waals surface area contributed by atoms with Gasteiger partial charge >= 0.3 is 11.9 Å². The zero-order valence-corrected chi connectivity index (χ0v) is 15.7. The molecule has 25 heavy (non-hydrogen) atoms. The van der Waals surface area contributed by atoms with E-state index in [1.807, 2.05) is 25.7 Å². The van der Waals surface area contributed by atoms with Gasteiger partial charge in [0.2, 0.25) is 0 Å². The lowest BCUT2D eigenvalue weighted by Crippen LogP contribution is -2.47. The van der Waals surface area contributed by atoms with Crippen LogP contribution < -0.4 is 0 Å². The fourth-order valence-corrected chi connectivity index (χ4v) is 4.32. The number of carbonyl (C=O) groups excluding carboxylic acids is 2. The average Bonchev–Trinajstić information content (AvgIpc) is 3.33. The lowest BCUT2D eigenvalue weighted by Gasteiger charge is -2.26. The van der Waals surface area contributed by atoms with Gasteiger partial charge in [-0.2, -0.15) is 5.26 Å². The monoisotopic (exact) mass is 366 g/mol. The van der Waals surface area contributed by atoms with Gasteiger partial charge in [0.25, 0.3) is 0 Å². The van der Waals surface area contributed by atoms with Crippen LogP contribution in [0.3, 0.4) is 0 Å². The van der Waals surface area contributed by atoms with Gasteiger partial charge in [-0.3, -0.25) is 9.59 Å². The Labute approximate surface area is 151 Å². The van der Waals surface area contributed by atoms with Crippen molar-refractivity contribution in [2.24, 2.45) is 0 Å². The third kappa shape index (κ3) is 3.77. The molecule has 0 aromatic rings. The standard InChI is InChI=1S/C17H22N2O5S/c1-8(20)22-13-11-12(14-16(24-14)15(13)23-9(2)21)19(11)7-10(6-18)25-17(3,4)5/h7,11-16H,1-5H3/b10-7+/t11-,12+,13-,14+,15+,16+,19?/m1/s1. The van der Waals surface area contributed by atoms with Gasteiger partial charge in [0.15, 0.2) is 12.2 Å². The van der Waals surface area contributed by atoms with Gasteiger partial charge in [0.05, 0.1) is 12.1 Å². The van der Waals surface area contributed by atoms with E-state index in [4.69, 9.17) is 14.2 Å². The van der Waals surface area contributed by atoms with Crippen LogP contribution in [0.15, 0.2) is 11.1 Å². The first-order valence-electron chi connectivity index (χ1n) is 8.20. The zero-order chi connectivity index (χ0) is 18.5. The molecule has 3 rings (SSSR count). The number of hydrogen-bond acceptors (Lipinski definition) is 8. The van der Waals surface area contributed by atoms with Gasteiger partial charge < -0.3 is 19.1 Å². The van der Waals surface area contributed by atoms with E-state index in [0.717, 1.165) is 0 Å². The smallest absolute Gasteiger partial charge is 0.303 e. The summed E-state index contributed by atoms with van der Waals surface area (Å²) in [6, 6.07) is 2.12. The quantitative estimate of drug-likeness (QED) is 0.421. The molecule has 2 heterocycles. The van der Waals surface area contributed by atoms with Crippen molar-refractivity contribution in [1.29, 1.82) is 5.26 Å². The van der Waals surface area contributed by atoms with Crippen molar-refractivity contribution < 1.29 is 23.8 Å². The predicted octanol–water partition coefficient (Wildman–Crippen LogP) is 1.58. The number of nitriles is 1. The lowest BCUT2D eigenvalue weighted by molar-refractivity contribution is -0.167. The topological polar surface area (TPSA) is 91.9 Å². The lowest BCUT2D eigenvalue weighted by atomic mass is 9.94. The summed E-state index contributed by atoms with van der Waals surface area (Å²) in [7, 11) is 0. The molecule has 2 aliphatic heterocycles. The van der Waals surface area contributed by atoms with Crippen molar-refractivity contribution in [1.82, 2.24) is 4.90 Å². The fourth-order valence-electron chi connectivity index (χ4n) is 3.44. The molecule has 3 aliphatic rings. The first kappa shape index (κ1) is 18.1. The molecular formula is C17H22N2O5S. The number of rotatable bonds is 4. The summed E-state index contributed by atoms with van der Waals surface area (Å²) < 4.78 is 16.4. The van der Waals surface area contributed by atoms with Gasteiger partial charge in [-0.15, -0.1) is 11.8 Å². The molecule has 0 bridgehead atoms. The average molecular weight is 366 g/mol. The molecule has 8 heteroatoms. The molecule has 1 aliphatic carbocycles. The SMILES string of the molecule is CC(=O)O[C@@H]1[C@H]2O[C@H]2[C@@H]2[C@H]([C@H]1OC(C)=O)N2/C=C(\C#N)SC(C)(C)C. The summed E-state index contributed by atoms with van der Waals surface area (Å²) in [4.78, 5) is 25.5. The summed E-state index contributed by atoms with van der Waals surface area (Å²) in [6.07, 6.45) is 0.292. The van der Waals surface area contributed by atoms with Gasteiger partial charge in [-0.1, -0.05) is 20.8 Å². The minimum atomic E-state index is -0.605. The Hall–Kier alpha value is -1.72. The Bertz CT molecular complexity index is 665. The zero-order valence-electron chi connectivity index (χ0n) is 14.9. The Kier molecular flexibility index (Phi) is 4.50. The normalized spacial score (nSPS) is 35.8. The molecule has 0 radical (unpaired) electrons. The highest BCUT2D eigenvalue weighted by atomic mass is 32.2. The first-order chi connectivity index (χ1) is 11.6. The van der Waals surface area contributed by atoms with Gasteiger partial charge in [-0.25, -0.2) is 0 Å². The predicted molar refractivity (Wildman–Crippen MR) is 90.2 cm³/mol. The number of esters is 2. The van der Waals surface area contributed by atoms with Crippen molar-refractivity contribution in [3.05, 3.63) is 11.1 Å². The maximum Gasteiger partial charge on any atom is 0.303 e. The van der Waals surface area contributed by atoms with Crippen LogP contribution in [0.1, 0.15) is 34.6 Å². The van der Waals surface area contributed by atoms with Crippen LogP contribution >= 0.6 is 11.8 Å². The molecule has 0 aromatic heterocycles. The highest BCUT2D eigenvalue weighted by molar-refractivity contribution is 8.04. The molecule has 7 nitrogen and oxygen atoms in total. The number of allylic oxidation sites excluding steroid dienone is 1. The van der Waals surface area contributed by atoms with E-state index >= 15 is 0 Å². The molecular weight excluding hydrogens is 344 g/mol. The number of likely N-dealkylation sites (tertiary alicyclic amines) is 1. The number of nitrogens with zero attached hydrogens (tertiary/aromatic N) is 2. The van der Waals surface area contributed by atoms with E-state index in [0.29, 0.717) is 4.91 Å². The third-order valence-electron chi connectivity index (χ3n) is 4.23. The number of epoxide rings is 1. The molecule has 0 aromatic carbocycles. The number of thioether (sulfide) groups is 1. The van der Waals surface area contributed by atoms with Crippen LogP contribution in [-0.2, 0) is 23.8 Å². The van der Waals surface area contributed by atoms with E-state index in [9.17, 15) is 14.9 Å². The van der Waals surface area contributed by atoms with Gasteiger partial charge in [0.1, 0.15) is 23.2 Å². The van der Waals surface area contributed by atoms with Crippen molar-refractivity contribution in [3.8, 4) is 6.07 Å².